The minimum Gasteiger partial charge on any atom is -0.465 e. The molecule has 4 nitrogen and oxygen atoms in total. The molecule has 2 heterocycles. The van der Waals surface area contributed by atoms with Crippen molar-refractivity contribution in [1.82, 2.24) is 10.2 Å². The summed E-state index contributed by atoms with van der Waals surface area (Å²) in [7, 11) is 0. The first-order valence-electron chi connectivity index (χ1n) is 9.87. The summed E-state index contributed by atoms with van der Waals surface area (Å²) in [5, 5.41) is 3.95. The third-order valence-corrected chi connectivity index (χ3v) is 6.16. The van der Waals surface area contributed by atoms with Crippen LogP contribution in [0, 0.1) is 12.8 Å². The van der Waals surface area contributed by atoms with Gasteiger partial charge in [0, 0.05) is 18.1 Å². The highest BCUT2D eigenvalue weighted by molar-refractivity contribution is 6.30. The highest BCUT2D eigenvalue weighted by Crippen LogP contribution is 2.48. The normalized spacial score (nSPS) is 21.8. The lowest BCUT2D eigenvalue weighted by Crippen LogP contribution is -2.43. The van der Waals surface area contributed by atoms with E-state index >= 15 is 0 Å². The topological polar surface area (TPSA) is 45.5 Å². The number of nitrogens with one attached hydrogen (secondary N) is 1. The van der Waals surface area contributed by atoms with E-state index in [2.05, 4.69) is 16.3 Å². The van der Waals surface area contributed by atoms with Crippen molar-refractivity contribution in [2.75, 3.05) is 19.6 Å². The summed E-state index contributed by atoms with van der Waals surface area (Å²) in [4.78, 5) is 15.3. The Morgan fingerprint density at radius 2 is 2.04 bits per heavy atom. The summed E-state index contributed by atoms with van der Waals surface area (Å²) < 4.78 is 5.71. The van der Waals surface area contributed by atoms with Gasteiger partial charge in [0.1, 0.15) is 11.5 Å². The lowest BCUT2D eigenvalue weighted by Gasteiger charge is -2.32. The lowest BCUT2D eigenvalue weighted by atomic mass is 9.93. The van der Waals surface area contributed by atoms with Crippen molar-refractivity contribution in [3.63, 3.8) is 0 Å². The molecular weight excluding hydrogens is 360 g/mol. The number of piperidine rings is 1. The number of aryl methyl sites for hydroxylation is 1. The van der Waals surface area contributed by atoms with Gasteiger partial charge in [-0.25, -0.2) is 0 Å². The molecule has 1 saturated carbocycles. The summed E-state index contributed by atoms with van der Waals surface area (Å²) in [5.74, 6) is 2.66. The van der Waals surface area contributed by atoms with E-state index in [0.29, 0.717) is 10.9 Å². The number of hydrogen-bond donors (Lipinski definition) is 1. The largest absolute Gasteiger partial charge is 0.465 e. The molecule has 0 spiro atoms. The highest BCUT2D eigenvalue weighted by Gasteiger charge is 2.51. The van der Waals surface area contributed by atoms with Crippen LogP contribution in [0.2, 0.25) is 5.02 Å². The molecule has 1 aliphatic heterocycles. The number of rotatable bonds is 6. The molecule has 0 bridgehead atoms. The van der Waals surface area contributed by atoms with Gasteiger partial charge in [-0.3, -0.25) is 9.69 Å². The smallest absolute Gasteiger partial charge is 0.230 e. The van der Waals surface area contributed by atoms with Gasteiger partial charge in [0.25, 0.3) is 0 Å². The molecule has 1 aromatic heterocycles. The van der Waals surface area contributed by atoms with Crippen LogP contribution in [-0.4, -0.2) is 30.4 Å². The zero-order chi connectivity index (χ0) is 18.9. The molecule has 1 amide bonds. The van der Waals surface area contributed by atoms with Crippen molar-refractivity contribution >= 4 is 17.5 Å². The molecule has 2 aromatic rings. The number of furan rings is 1. The Labute approximate surface area is 165 Å². The van der Waals surface area contributed by atoms with Gasteiger partial charge in [0.2, 0.25) is 5.91 Å². The summed E-state index contributed by atoms with van der Waals surface area (Å²) >= 11 is 5.99. The molecule has 2 aliphatic rings. The Hall–Kier alpha value is -1.78. The molecule has 2 fully saturated rings. The Kier molecular flexibility index (Phi) is 5.29. The van der Waals surface area contributed by atoms with Crippen LogP contribution in [0.15, 0.2) is 40.8 Å². The fourth-order valence-corrected chi connectivity index (χ4v) is 4.32. The molecular formula is C22H27ClN2O2. The summed E-state index contributed by atoms with van der Waals surface area (Å²) in [6.07, 6.45) is 4.19. The second-order valence-electron chi connectivity index (χ2n) is 8.05. The lowest BCUT2D eigenvalue weighted by molar-refractivity contribution is -0.123. The minimum absolute atomic E-state index is 0.170. The number of halogens is 1. The Balaban J connectivity index is 1.30. The van der Waals surface area contributed by atoms with Crippen molar-refractivity contribution in [2.24, 2.45) is 5.92 Å². The molecule has 1 aromatic carbocycles. The number of hydrogen-bond acceptors (Lipinski definition) is 3. The number of amides is 1. The van der Waals surface area contributed by atoms with Crippen molar-refractivity contribution in [3.8, 4) is 0 Å². The van der Waals surface area contributed by atoms with Crippen LogP contribution >= 0.6 is 11.6 Å². The van der Waals surface area contributed by atoms with Gasteiger partial charge in [0.05, 0.1) is 12.0 Å². The van der Waals surface area contributed by atoms with E-state index in [-0.39, 0.29) is 11.3 Å². The molecule has 5 heteroatoms. The standard InChI is InChI=1S/C22H27ClN2O2/c1-16-4-9-20(27-16)15-25-12-2-3-17(14-25)13-24-21(26)22(10-11-22)18-5-7-19(23)8-6-18/h4-9,17H,2-3,10-15H2,1H3,(H,24,26)/t17-/m1/s1. The van der Waals surface area contributed by atoms with Crippen LogP contribution in [0.5, 0.6) is 0 Å². The van der Waals surface area contributed by atoms with Crippen LogP contribution in [0.25, 0.3) is 0 Å². The molecule has 1 atom stereocenters. The first-order chi connectivity index (χ1) is 13.0. The number of benzene rings is 1. The number of nitrogens with zero attached hydrogens (tertiary/aromatic N) is 1. The van der Waals surface area contributed by atoms with Gasteiger partial charge < -0.3 is 9.73 Å². The number of likely N-dealkylation sites (tertiary alicyclic amines) is 1. The van der Waals surface area contributed by atoms with Crippen LogP contribution in [0.1, 0.15) is 42.8 Å². The fourth-order valence-electron chi connectivity index (χ4n) is 4.20. The quantitative estimate of drug-likeness (QED) is 0.804. The van der Waals surface area contributed by atoms with Crippen LogP contribution in [0.4, 0.5) is 0 Å². The molecule has 27 heavy (non-hydrogen) atoms. The SMILES string of the molecule is Cc1ccc(CN2CCC[C@H](CNC(=O)C3(c4ccc(Cl)cc4)CC3)C2)o1. The van der Waals surface area contributed by atoms with Crippen LogP contribution < -0.4 is 5.32 Å². The number of carbonyl (C=O) groups excluding carboxylic acids is 1. The van der Waals surface area contributed by atoms with Crippen molar-refractivity contribution in [1.29, 1.82) is 0 Å². The van der Waals surface area contributed by atoms with E-state index in [0.717, 1.165) is 56.1 Å². The summed E-state index contributed by atoms with van der Waals surface area (Å²) in [5.41, 5.74) is 0.757. The highest BCUT2D eigenvalue weighted by atomic mass is 35.5. The minimum atomic E-state index is -0.329. The number of carbonyl (C=O) groups is 1. The maximum atomic E-state index is 12.9. The van der Waals surface area contributed by atoms with E-state index in [1.165, 1.54) is 12.8 Å². The fraction of sp³-hybridized carbons (Fsp3) is 0.500. The first-order valence-corrected chi connectivity index (χ1v) is 10.2. The average molecular weight is 387 g/mol. The van der Waals surface area contributed by atoms with Crippen LogP contribution in [-0.2, 0) is 16.8 Å². The second-order valence-corrected chi connectivity index (χ2v) is 8.49. The monoisotopic (exact) mass is 386 g/mol. The van der Waals surface area contributed by atoms with E-state index in [1.54, 1.807) is 0 Å². The van der Waals surface area contributed by atoms with E-state index < -0.39 is 0 Å². The molecule has 1 aliphatic carbocycles. The average Bonchev–Trinajstić information content (AvgIpc) is 3.38. The molecule has 144 valence electrons. The summed E-state index contributed by atoms with van der Waals surface area (Å²) in [6, 6.07) is 11.8. The summed E-state index contributed by atoms with van der Waals surface area (Å²) in [6.45, 7) is 5.69. The van der Waals surface area contributed by atoms with Gasteiger partial charge in [-0.05, 0) is 74.9 Å². The van der Waals surface area contributed by atoms with Crippen molar-refractivity contribution in [2.45, 2.75) is 44.6 Å². The van der Waals surface area contributed by atoms with E-state index in [4.69, 9.17) is 16.0 Å². The predicted octanol–water partition coefficient (Wildman–Crippen LogP) is 4.30. The molecule has 4 rings (SSSR count). The molecule has 0 radical (unpaired) electrons. The Bertz CT molecular complexity index is 795. The van der Waals surface area contributed by atoms with Gasteiger partial charge >= 0.3 is 0 Å². The van der Waals surface area contributed by atoms with Gasteiger partial charge in [-0.1, -0.05) is 23.7 Å². The van der Waals surface area contributed by atoms with Crippen LogP contribution in [0.3, 0.4) is 0 Å². The van der Waals surface area contributed by atoms with Gasteiger partial charge in [-0.15, -0.1) is 0 Å². The molecule has 1 N–H and O–H groups in total. The maximum Gasteiger partial charge on any atom is 0.230 e. The van der Waals surface area contributed by atoms with E-state index in [9.17, 15) is 4.79 Å². The maximum absolute atomic E-state index is 12.9. The second kappa shape index (κ2) is 7.69. The Morgan fingerprint density at radius 3 is 2.70 bits per heavy atom. The van der Waals surface area contributed by atoms with E-state index in [1.807, 2.05) is 37.3 Å². The Morgan fingerprint density at radius 1 is 1.26 bits per heavy atom. The predicted molar refractivity (Wildman–Crippen MR) is 107 cm³/mol. The third kappa shape index (κ3) is 4.22. The third-order valence-electron chi connectivity index (χ3n) is 5.91. The molecule has 0 unspecified atom stereocenters. The van der Waals surface area contributed by atoms with Gasteiger partial charge in [-0.2, -0.15) is 0 Å². The van der Waals surface area contributed by atoms with Gasteiger partial charge in [0.15, 0.2) is 0 Å². The zero-order valence-corrected chi connectivity index (χ0v) is 16.6. The first kappa shape index (κ1) is 18.6. The molecule has 1 saturated heterocycles. The zero-order valence-electron chi connectivity index (χ0n) is 15.8. The van der Waals surface area contributed by atoms with Crippen molar-refractivity contribution in [3.05, 3.63) is 58.5 Å². The van der Waals surface area contributed by atoms with Crippen molar-refractivity contribution < 1.29 is 9.21 Å².